The Labute approximate surface area is 225 Å². The van der Waals surface area contributed by atoms with Crippen LogP contribution in [0, 0.1) is 11.7 Å². The molecule has 1 heterocycles. The van der Waals surface area contributed by atoms with Gasteiger partial charge < -0.3 is 16.0 Å². The first kappa shape index (κ1) is 26.8. The van der Waals surface area contributed by atoms with E-state index in [1.807, 2.05) is 23.1 Å². The lowest BCUT2D eigenvalue weighted by atomic mass is 9.90. The fourth-order valence-electron chi connectivity index (χ4n) is 6.05. The summed E-state index contributed by atoms with van der Waals surface area (Å²) in [6.45, 7) is 2.11. The number of amides is 2. The molecule has 2 amide bonds. The standard InChI is InChI=1S/C31H41FN4O2/c32-25-10-6-23(7-11-25)21-35(18-16-22-4-2-1-3-5-22)28-17-19-36(31(38)24-8-9-24)29(20-28)30(37)34-27-14-12-26(33)13-15-27/h1-7,10-11,24,26-29H,8-9,12-21,33H2,(H,34,37)/t26?,27?,28?,29-/m1/s1. The van der Waals surface area contributed by atoms with E-state index in [1.165, 1.54) is 17.7 Å². The number of benzene rings is 2. The Bertz CT molecular complexity index is 1070. The predicted molar refractivity (Wildman–Crippen MR) is 147 cm³/mol. The smallest absolute Gasteiger partial charge is 0.243 e. The molecule has 0 bridgehead atoms. The second-order valence-electron chi connectivity index (χ2n) is 11.5. The summed E-state index contributed by atoms with van der Waals surface area (Å²) in [6, 6.07) is 17.2. The number of nitrogens with zero attached hydrogens (tertiary/aromatic N) is 2. The molecular weight excluding hydrogens is 479 g/mol. The summed E-state index contributed by atoms with van der Waals surface area (Å²) in [5, 5.41) is 3.28. The summed E-state index contributed by atoms with van der Waals surface area (Å²) in [6.07, 6.45) is 7.84. The van der Waals surface area contributed by atoms with Crippen LogP contribution in [0.25, 0.3) is 0 Å². The van der Waals surface area contributed by atoms with Gasteiger partial charge in [0.05, 0.1) is 0 Å². The number of nitrogens with one attached hydrogen (secondary N) is 1. The second kappa shape index (κ2) is 12.4. The van der Waals surface area contributed by atoms with Gasteiger partial charge in [-0.2, -0.15) is 0 Å². The molecule has 38 heavy (non-hydrogen) atoms. The molecule has 2 aliphatic carbocycles. The molecule has 1 saturated heterocycles. The Hall–Kier alpha value is -2.77. The topological polar surface area (TPSA) is 78.7 Å². The van der Waals surface area contributed by atoms with Crippen molar-refractivity contribution in [2.24, 2.45) is 11.7 Å². The SMILES string of the molecule is NC1CCC(NC(=O)[C@H]2CC(N(CCc3ccccc3)Cc3ccc(F)cc3)CCN2C(=O)C2CC2)CC1. The van der Waals surface area contributed by atoms with Crippen LogP contribution in [0.3, 0.4) is 0 Å². The van der Waals surface area contributed by atoms with Gasteiger partial charge in [0.15, 0.2) is 0 Å². The molecule has 2 aromatic rings. The molecule has 6 nitrogen and oxygen atoms in total. The minimum absolute atomic E-state index is 0.0195. The summed E-state index contributed by atoms with van der Waals surface area (Å²) >= 11 is 0. The van der Waals surface area contributed by atoms with Gasteiger partial charge in [-0.1, -0.05) is 42.5 Å². The molecule has 3 fully saturated rings. The number of halogens is 1. The summed E-state index contributed by atoms with van der Waals surface area (Å²) in [7, 11) is 0. The first-order chi connectivity index (χ1) is 18.5. The van der Waals surface area contributed by atoms with Gasteiger partial charge in [-0.05, 0) is 81.0 Å². The molecule has 3 aliphatic rings. The largest absolute Gasteiger partial charge is 0.352 e. The predicted octanol–water partition coefficient (Wildman–Crippen LogP) is 4.03. The van der Waals surface area contributed by atoms with Gasteiger partial charge in [0.1, 0.15) is 11.9 Å². The van der Waals surface area contributed by atoms with Crippen molar-refractivity contribution in [3.8, 4) is 0 Å². The van der Waals surface area contributed by atoms with E-state index in [4.69, 9.17) is 5.73 Å². The molecule has 3 N–H and O–H groups in total. The number of nitrogens with two attached hydrogens (primary N) is 1. The van der Waals surface area contributed by atoms with Crippen LogP contribution in [0.5, 0.6) is 0 Å². The van der Waals surface area contributed by atoms with Gasteiger partial charge in [0, 0.05) is 43.7 Å². The van der Waals surface area contributed by atoms with E-state index in [0.717, 1.165) is 63.5 Å². The molecule has 5 rings (SSSR count). The molecule has 0 aromatic heterocycles. The Kier molecular flexibility index (Phi) is 8.75. The highest BCUT2D eigenvalue weighted by Gasteiger charge is 2.43. The lowest BCUT2D eigenvalue weighted by molar-refractivity contribution is -0.145. The molecule has 204 valence electrons. The first-order valence-corrected chi connectivity index (χ1v) is 14.3. The lowest BCUT2D eigenvalue weighted by Gasteiger charge is -2.43. The second-order valence-corrected chi connectivity index (χ2v) is 11.5. The monoisotopic (exact) mass is 520 g/mol. The molecule has 1 unspecified atom stereocenters. The number of carbonyl (C=O) groups excluding carboxylic acids is 2. The Morgan fingerprint density at radius 3 is 2.32 bits per heavy atom. The number of rotatable bonds is 9. The molecule has 2 saturated carbocycles. The quantitative estimate of drug-likeness (QED) is 0.524. The minimum Gasteiger partial charge on any atom is -0.352 e. The number of hydrogen-bond donors (Lipinski definition) is 2. The van der Waals surface area contributed by atoms with Crippen LogP contribution in [0.15, 0.2) is 54.6 Å². The van der Waals surface area contributed by atoms with Crippen LogP contribution in [-0.2, 0) is 22.6 Å². The van der Waals surface area contributed by atoms with Crippen molar-refractivity contribution in [2.45, 2.75) is 88.5 Å². The third kappa shape index (κ3) is 7.00. The van der Waals surface area contributed by atoms with Gasteiger partial charge in [-0.25, -0.2) is 4.39 Å². The maximum absolute atomic E-state index is 13.7. The average Bonchev–Trinajstić information content (AvgIpc) is 3.79. The van der Waals surface area contributed by atoms with Gasteiger partial charge in [0.25, 0.3) is 0 Å². The number of carbonyl (C=O) groups is 2. The summed E-state index contributed by atoms with van der Waals surface area (Å²) in [5.41, 5.74) is 8.39. The molecule has 1 aliphatic heterocycles. The van der Waals surface area contributed by atoms with Crippen molar-refractivity contribution < 1.29 is 14.0 Å². The van der Waals surface area contributed by atoms with Gasteiger partial charge >= 0.3 is 0 Å². The molecular formula is C31H41FN4O2. The van der Waals surface area contributed by atoms with E-state index in [1.54, 1.807) is 0 Å². The van der Waals surface area contributed by atoms with Gasteiger partial charge in [-0.3, -0.25) is 14.5 Å². The first-order valence-electron chi connectivity index (χ1n) is 14.3. The van der Waals surface area contributed by atoms with Crippen molar-refractivity contribution in [1.82, 2.24) is 15.1 Å². The summed E-state index contributed by atoms with van der Waals surface area (Å²) in [5.74, 6) is -0.0302. The fourth-order valence-corrected chi connectivity index (χ4v) is 6.05. The van der Waals surface area contributed by atoms with E-state index < -0.39 is 6.04 Å². The lowest BCUT2D eigenvalue weighted by Crippen LogP contribution is -2.59. The van der Waals surface area contributed by atoms with Crippen molar-refractivity contribution in [1.29, 1.82) is 0 Å². The zero-order valence-electron chi connectivity index (χ0n) is 22.2. The number of likely N-dealkylation sites (tertiary alicyclic amines) is 1. The summed E-state index contributed by atoms with van der Waals surface area (Å²) in [4.78, 5) is 31.1. The molecule has 0 spiro atoms. The van der Waals surface area contributed by atoms with Gasteiger partial charge in [0.2, 0.25) is 11.8 Å². The number of hydrogen-bond acceptors (Lipinski definition) is 4. The van der Waals surface area contributed by atoms with Crippen LogP contribution in [0.4, 0.5) is 4.39 Å². The Morgan fingerprint density at radius 2 is 1.63 bits per heavy atom. The van der Waals surface area contributed by atoms with Crippen LogP contribution in [0.1, 0.15) is 62.5 Å². The number of piperidine rings is 1. The molecule has 2 aromatic carbocycles. The van der Waals surface area contributed by atoms with Crippen molar-refractivity contribution in [3.63, 3.8) is 0 Å². The molecule has 2 atom stereocenters. The Balaban J connectivity index is 1.32. The highest BCUT2D eigenvalue weighted by atomic mass is 19.1. The zero-order chi connectivity index (χ0) is 26.5. The normalized spacial score (nSPS) is 25.8. The maximum Gasteiger partial charge on any atom is 0.243 e. The minimum atomic E-state index is -0.454. The highest BCUT2D eigenvalue weighted by molar-refractivity contribution is 5.89. The zero-order valence-corrected chi connectivity index (χ0v) is 22.2. The molecule has 0 radical (unpaired) electrons. The van der Waals surface area contributed by atoms with Gasteiger partial charge in [-0.15, -0.1) is 0 Å². The third-order valence-corrected chi connectivity index (χ3v) is 8.55. The fraction of sp³-hybridized carbons (Fsp3) is 0.548. The molecule has 7 heteroatoms. The van der Waals surface area contributed by atoms with E-state index >= 15 is 0 Å². The van der Waals surface area contributed by atoms with Crippen molar-refractivity contribution in [2.75, 3.05) is 13.1 Å². The highest BCUT2D eigenvalue weighted by Crippen LogP contribution is 2.34. The van der Waals surface area contributed by atoms with Crippen molar-refractivity contribution >= 4 is 11.8 Å². The van der Waals surface area contributed by atoms with E-state index in [2.05, 4.69) is 34.5 Å². The third-order valence-electron chi connectivity index (χ3n) is 8.55. The average molecular weight is 521 g/mol. The van der Waals surface area contributed by atoms with Crippen LogP contribution < -0.4 is 11.1 Å². The van der Waals surface area contributed by atoms with E-state index in [9.17, 15) is 14.0 Å². The van der Waals surface area contributed by atoms with Crippen LogP contribution in [0.2, 0.25) is 0 Å². The van der Waals surface area contributed by atoms with Crippen LogP contribution in [-0.4, -0.2) is 58.9 Å². The van der Waals surface area contributed by atoms with Crippen molar-refractivity contribution in [3.05, 3.63) is 71.5 Å². The van der Waals surface area contributed by atoms with E-state index in [-0.39, 0.29) is 41.7 Å². The summed E-state index contributed by atoms with van der Waals surface area (Å²) < 4.78 is 13.6. The Morgan fingerprint density at radius 1 is 0.921 bits per heavy atom. The van der Waals surface area contributed by atoms with E-state index in [0.29, 0.717) is 19.5 Å². The maximum atomic E-state index is 13.7. The van der Waals surface area contributed by atoms with Crippen LogP contribution >= 0.6 is 0 Å².